The molecule has 21 heavy (non-hydrogen) atoms. The first-order valence-corrected chi connectivity index (χ1v) is 8.10. The van der Waals surface area contributed by atoms with Crippen molar-refractivity contribution in [3.05, 3.63) is 32.6 Å². The molecule has 0 aliphatic heterocycles. The van der Waals surface area contributed by atoms with E-state index < -0.39 is 0 Å². The molecule has 0 spiro atoms. The molecular formula is C15H21N3O2S. The number of rotatable bonds is 4. The highest BCUT2D eigenvalue weighted by Gasteiger charge is 2.18. The Hall–Kier alpha value is -1.56. The maximum absolute atomic E-state index is 12.6. The van der Waals surface area contributed by atoms with E-state index in [1.54, 1.807) is 25.0 Å². The SMILES string of the molecule is CCCSc1c(C(C)C)cnc2c1c(=O)n(C)c(=O)n2C. The van der Waals surface area contributed by atoms with E-state index in [4.69, 9.17) is 0 Å². The molecule has 0 aromatic carbocycles. The molecular weight excluding hydrogens is 286 g/mol. The van der Waals surface area contributed by atoms with Crippen LogP contribution < -0.4 is 11.2 Å². The third kappa shape index (κ3) is 2.64. The summed E-state index contributed by atoms with van der Waals surface area (Å²) in [5.41, 5.74) is 0.924. The standard InChI is InChI=1S/C15H21N3O2S/c1-6-7-21-12-10(9(2)3)8-16-13-11(12)14(19)18(5)15(20)17(13)4/h8-9H,6-7H2,1-5H3. The zero-order chi connectivity index (χ0) is 15.7. The Balaban J connectivity index is 2.95. The molecule has 0 amide bonds. The first-order chi connectivity index (χ1) is 9.90. The van der Waals surface area contributed by atoms with Gasteiger partial charge in [-0.05, 0) is 23.7 Å². The van der Waals surface area contributed by atoms with Gasteiger partial charge in [0.05, 0.1) is 5.39 Å². The molecule has 0 saturated carbocycles. The van der Waals surface area contributed by atoms with E-state index in [-0.39, 0.29) is 17.2 Å². The molecule has 2 rings (SSSR count). The Bertz CT molecular complexity index is 790. The highest BCUT2D eigenvalue weighted by Crippen LogP contribution is 2.32. The smallest absolute Gasteiger partial charge is 0.280 e. The number of aromatic nitrogens is 3. The summed E-state index contributed by atoms with van der Waals surface area (Å²) in [6.07, 6.45) is 2.82. The lowest BCUT2D eigenvalue weighted by atomic mass is 10.0. The van der Waals surface area contributed by atoms with Gasteiger partial charge >= 0.3 is 5.69 Å². The van der Waals surface area contributed by atoms with Crippen LogP contribution in [0.3, 0.4) is 0 Å². The van der Waals surface area contributed by atoms with Gasteiger partial charge in [-0.2, -0.15) is 0 Å². The fourth-order valence-corrected chi connectivity index (χ4v) is 3.47. The van der Waals surface area contributed by atoms with Gasteiger partial charge in [-0.15, -0.1) is 11.8 Å². The molecule has 2 aromatic heterocycles. The molecule has 0 saturated heterocycles. The van der Waals surface area contributed by atoms with Crippen molar-refractivity contribution in [1.82, 2.24) is 14.1 Å². The third-order valence-corrected chi connectivity index (χ3v) is 4.86. The summed E-state index contributed by atoms with van der Waals surface area (Å²) >= 11 is 1.67. The van der Waals surface area contributed by atoms with E-state index in [1.807, 2.05) is 0 Å². The molecule has 0 fully saturated rings. The minimum atomic E-state index is -0.344. The number of hydrogen-bond donors (Lipinski definition) is 0. The van der Waals surface area contributed by atoms with Gasteiger partial charge in [0.25, 0.3) is 5.56 Å². The monoisotopic (exact) mass is 307 g/mol. The van der Waals surface area contributed by atoms with Crippen molar-refractivity contribution >= 4 is 22.8 Å². The topological polar surface area (TPSA) is 56.9 Å². The Labute approximate surface area is 128 Å². The van der Waals surface area contributed by atoms with Crippen molar-refractivity contribution < 1.29 is 0 Å². The van der Waals surface area contributed by atoms with Crippen molar-refractivity contribution in [1.29, 1.82) is 0 Å². The number of nitrogens with zero attached hydrogens (tertiary/aromatic N) is 3. The lowest BCUT2D eigenvalue weighted by Gasteiger charge is -2.16. The molecule has 6 heteroatoms. The van der Waals surface area contributed by atoms with Crippen LogP contribution in [0.25, 0.3) is 11.0 Å². The van der Waals surface area contributed by atoms with Crippen LogP contribution in [0.15, 0.2) is 20.7 Å². The lowest BCUT2D eigenvalue weighted by Crippen LogP contribution is -2.37. The molecule has 0 atom stereocenters. The normalized spacial score (nSPS) is 11.5. The van der Waals surface area contributed by atoms with E-state index in [2.05, 4.69) is 25.8 Å². The number of thioether (sulfide) groups is 1. The van der Waals surface area contributed by atoms with Crippen LogP contribution in [0.4, 0.5) is 0 Å². The number of pyridine rings is 1. The van der Waals surface area contributed by atoms with Gasteiger partial charge in [0.2, 0.25) is 0 Å². The Kier molecular flexibility index (Phi) is 4.56. The van der Waals surface area contributed by atoms with E-state index in [0.29, 0.717) is 11.0 Å². The minimum Gasteiger partial charge on any atom is -0.280 e. The minimum absolute atomic E-state index is 0.262. The van der Waals surface area contributed by atoms with Gasteiger partial charge in [-0.3, -0.25) is 13.9 Å². The number of aryl methyl sites for hydroxylation is 1. The largest absolute Gasteiger partial charge is 0.332 e. The summed E-state index contributed by atoms with van der Waals surface area (Å²) in [4.78, 5) is 29.9. The van der Waals surface area contributed by atoms with Crippen LogP contribution in [0, 0.1) is 0 Å². The van der Waals surface area contributed by atoms with Crippen LogP contribution in [-0.2, 0) is 14.1 Å². The molecule has 0 unspecified atom stereocenters. The van der Waals surface area contributed by atoms with E-state index >= 15 is 0 Å². The van der Waals surface area contributed by atoms with Gasteiger partial charge in [0.1, 0.15) is 5.65 Å². The molecule has 0 N–H and O–H groups in total. The van der Waals surface area contributed by atoms with Gasteiger partial charge in [-0.25, -0.2) is 9.78 Å². The fraction of sp³-hybridized carbons (Fsp3) is 0.533. The Morgan fingerprint density at radius 2 is 1.90 bits per heavy atom. The molecule has 0 radical (unpaired) electrons. The first kappa shape index (κ1) is 15.8. The molecule has 114 valence electrons. The predicted octanol–water partition coefficient (Wildman–Crippen LogP) is 2.26. The summed E-state index contributed by atoms with van der Waals surface area (Å²) in [5.74, 6) is 1.22. The Morgan fingerprint density at radius 1 is 1.24 bits per heavy atom. The zero-order valence-electron chi connectivity index (χ0n) is 13.1. The van der Waals surface area contributed by atoms with Crippen LogP contribution in [0.2, 0.25) is 0 Å². The van der Waals surface area contributed by atoms with E-state index in [9.17, 15) is 9.59 Å². The maximum Gasteiger partial charge on any atom is 0.332 e. The lowest BCUT2D eigenvalue weighted by molar-refractivity contribution is 0.703. The van der Waals surface area contributed by atoms with Crippen LogP contribution in [0.1, 0.15) is 38.7 Å². The molecule has 2 heterocycles. The number of fused-ring (bicyclic) bond motifs is 1. The van der Waals surface area contributed by atoms with Crippen molar-refractivity contribution in [2.75, 3.05) is 5.75 Å². The van der Waals surface area contributed by atoms with Gasteiger partial charge in [0.15, 0.2) is 0 Å². The molecule has 0 aliphatic carbocycles. The highest BCUT2D eigenvalue weighted by atomic mass is 32.2. The summed E-state index contributed by atoms with van der Waals surface area (Å²) in [6.45, 7) is 6.29. The van der Waals surface area contributed by atoms with Gasteiger partial charge in [0, 0.05) is 25.2 Å². The van der Waals surface area contributed by atoms with Gasteiger partial charge in [-0.1, -0.05) is 20.8 Å². The van der Waals surface area contributed by atoms with Crippen LogP contribution in [0.5, 0.6) is 0 Å². The second-order valence-corrected chi connectivity index (χ2v) is 6.56. The van der Waals surface area contributed by atoms with E-state index in [0.717, 1.165) is 27.2 Å². The third-order valence-electron chi connectivity index (χ3n) is 3.52. The Morgan fingerprint density at radius 3 is 2.48 bits per heavy atom. The second kappa shape index (κ2) is 6.05. The molecule has 2 aromatic rings. The molecule has 0 aliphatic rings. The fourth-order valence-electron chi connectivity index (χ4n) is 2.29. The average molecular weight is 307 g/mol. The summed E-state index contributed by atoms with van der Waals surface area (Å²) in [6, 6.07) is 0. The van der Waals surface area contributed by atoms with Crippen LogP contribution >= 0.6 is 11.8 Å². The second-order valence-electron chi connectivity index (χ2n) is 5.45. The molecule has 0 bridgehead atoms. The summed E-state index contributed by atoms with van der Waals surface area (Å²) in [7, 11) is 3.17. The van der Waals surface area contributed by atoms with Crippen molar-refractivity contribution in [3.8, 4) is 0 Å². The predicted molar refractivity (Wildman–Crippen MR) is 87.3 cm³/mol. The number of hydrogen-bond acceptors (Lipinski definition) is 4. The average Bonchev–Trinajstić information content (AvgIpc) is 2.47. The molecule has 5 nitrogen and oxygen atoms in total. The highest BCUT2D eigenvalue weighted by molar-refractivity contribution is 7.99. The first-order valence-electron chi connectivity index (χ1n) is 7.11. The zero-order valence-corrected chi connectivity index (χ0v) is 14.0. The van der Waals surface area contributed by atoms with Gasteiger partial charge < -0.3 is 0 Å². The van der Waals surface area contributed by atoms with Crippen molar-refractivity contribution in [2.45, 2.75) is 38.0 Å². The maximum atomic E-state index is 12.6. The van der Waals surface area contributed by atoms with Crippen molar-refractivity contribution in [2.24, 2.45) is 14.1 Å². The summed E-state index contributed by atoms with van der Waals surface area (Å²) in [5, 5.41) is 0.559. The van der Waals surface area contributed by atoms with E-state index in [1.165, 1.54) is 11.6 Å². The quantitative estimate of drug-likeness (QED) is 0.813. The van der Waals surface area contributed by atoms with Crippen molar-refractivity contribution in [3.63, 3.8) is 0 Å². The summed E-state index contributed by atoms with van der Waals surface area (Å²) < 4.78 is 2.60. The van der Waals surface area contributed by atoms with Crippen LogP contribution in [-0.4, -0.2) is 19.9 Å².